The van der Waals surface area contributed by atoms with Gasteiger partial charge in [-0.3, -0.25) is 4.79 Å². The van der Waals surface area contributed by atoms with Crippen LogP contribution in [0.4, 0.5) is 5.69 Å². The van der Waals surface area contributed by atoms with Gasteiger partial charge in [0.05, 0.1) is 37.1 Å². The molecule has 2 aromatic rings. The van der Waals surface area contributed by atoms with Crippen LogP contribution in [0.3, 0.4) is 0 Å². The molecule has 1 saturated carbocycles. The smallest absolute Gasteiger partial charge is 0.237 e. The zero-order valence-electron chi connectivity index (χ0n) is 15.2. The number of hydrogen-bond donors (Lipinski definition) is 0. The molecule has 1 fully saturated rings. The standard InChI is InChI=1S/C18H22N6O2S/c1-26-16-10-5-4-9-15(16)23(12-6-11-19)17(25)13-27-18-20-21-22-24(18)14-7-2-3-8-14/h4-5,9-10,14H,2-3,6-8,12-13H2,1H3. The van der Waals surface area contributed by atoms with Gasteiger partial charge in [0, 0.05) is 6.54 Å². The van der Waals surface area contributed by atoms with Crippen molar-refractivity contribution in [2.75, 3.05) is 24.3 Å². The third-order valence-corrected chi connectivity index (χ3v) is 5.50. The van der Waals surface area contributed by atoms with Crippen molar-refractivity contribution < 1.29 is 9.53 Å². The summed E-state index contributed by atoms with van der Waals surface area (Å²) in [6, 6.07) is 9.73. The van der Waals surface area contributed by atoms with Crippen LogP contribution in [-0.4, -0.2) is 45.5 Å². The number of nitriles is 1. The van der Waals surface area contributed by atoms with E-state index in [0.717, 1.165) is 12.8 Å². The topological polar surface area (TPSA) is 96.9 Å². The molecular formula is C18H22N6O2S. The summed E-state index contributed by atoms with van der Waals surface area (Å²) in [6.45, 7) is 0.309. The second-order valence-electron chi connectivity index (χ2n) is 6.26. The van der Waals surface area contributed by atoms with Crippen LogP contribution in [-0.2, 0) is 4.79 Å². The van der Waals surface area contributed by atoms with Crippen LogP contribution in [0.5, 0.6) is 5.75 Å². The molecule has 0 spiro atoms. The number of ether oxygens (including phenoxy) is 1. The summed E-state index contributed by atoms with van der Waals surface area (Å²) in [5.74, 6) is 0.682. The van der Waals surface area contributed by atoms with E-state index >= 15 is 0 Å². The lowest BCUT2D eigenvalue weighted by Gasteiger charge is -2.23. The Hall–Kier alpha value is -2.60. The van der Waals surface area contributed by atoms with Gasteiger partial charge in [-0.1, -0.05) is 36.7 Å². The van der Waals surface area contributed by atoms with E-state index in [9.17, 15) is 4.79 Å². The average Bonchev–Trinajstić information content (AvgIpc) is 3.38. The normalized spacial score (nSPS) is 14.1. The van der Waals surface area contributed by atoms with Crippen molar-refractivity contribution in [3.8, 4) is 11.8 Å². The van der Waals surface area contributed by atoms with Crippen molar-refractivity contribution in [1.29, 1.82) is 5.26 Å². The van der Waals surface area contributed by atoms with Gasteiger partial charge in [-0.15, -0.1) is 5.10 Å². The van der Waals surface area contributed by atoms with Crippen LogP contribution in [0.25, 0.3) is 0 Å². The van der Waals surface area contributed by atoms with Crippen LogP contribution < -0.4 is 9.64 Å². The lowest BCUT2D eigenvalue weighted by atomic mass is 10.2. The lowest BCUT2D eigenvalue weighted by molar-refractivity contribution is -0.116. The van der Waals surface area contributed by atoms with Crippen LogP contribution in [0.1, 0.15) is 38.1 Å². The molecule has 0 aliphatic heterocycles. The van der Waals surface area contributed by atoms with E-state index in [1.807, 2.05) is 22.9 Å². The summed E-state index contributed by atoms with van der Waals surface area (Å²) in [4.78, 5) is 14.5. The Kier molecular flexibility index (Phi) is 6.65. The molecule has 0 unspecified atom stereocenters. The first kappa shape index (κ1) is 19.2. The molecule has 0 atom stereocenters. The molecule has 0 radical (unpaired) electrons. The van der Waals surface area contributed by atoms with E-state index in [1.54, 1.807) is 18.1 Å². The maximum Gasteiger partial charge on any atom is 0.237 e. The molecule has 0 N–H and O–H groups in total. The van der Waals surface area contributed by atoms with E-state index in [2.05, 4.69) is 21.6 Å². The minimum absolute atomic E-state index is 0.110. The van der Waals surface area contributed by atoms with Crippen molar-refractivity contribution >= 4 is 23.4 Å². The predicted octanol–water partition coefficient (Wildman–Crippen LogP) is 2.84. The van der Waals surface area contributed by atoms with Gasteiger partial charge in [-0.25, -0.2) is 4.68 Å². The fourth-order valence-corrected chi connectivity index (χ4v) is 4.08. The first-order valence-electron chi connectivity index (χ1n) is 8.95. The number of amides is 1. The number of benzene rings is 1. The van der Waals surface area contributed by atoms with Gasteiger partial charge in [0.25, 0.3) is 0 Å². The van der Waals surface area contributed by atoms with Gasteiger partial charge in [0.15, 0.2) is 0 Å². The molecule has 3 rings (SSSR count). The number of hydrogen-bond acceptors (Lipinski definition) is 7. The molecule has 0 saturated heterocycles. The van der Waals surface area contributed by atoms with Crippen molar-refractivity contribution in [3.63, 3.8) is 0 Å². The molecule has 9 heteroatoms. The summed E-state index contributed by atoms with van der Waals surface area (Å²) in [5.41, 5.74) is 0.663. The Bertz CT molecular complexity index is 812. The molecule has 1 amide bonds. The molecule has 0 bridgehead atoms. The van der Waals surface area contributed by atoms with Crippen molar-refractivity contribution in [1.82, 2.24) is 20.2 Å². The number of thioether (sulfide) groups is 1. The van der Waals surface area contributed by atoms with Crippen LogP contribution >= 0.6 is 11.8 Å². The number of methoxy groups -OCH3 is 1. The minimum atomic E-state index is -0.110. The van der Waals surface area contributed by atoms with Crippen molar-refractivity contribution in [2.24, 2.45) is 0 Å². The highest BCUT2D eigenvalue weighted by Crippen LogP contribution is 2.32. The average molecular weight is 386 g/mol. The lowest BCUT2D eigenvalue weighted by Crippen LogP contribution is -2.33. The van der Waals surface area contributed by atoms with Gasteiger partial charge in [0.2, 0.25) is 11.1 Å². The highest BCUT2D eigenvalue weighted by atomic mass is 32.2. The first-order chi connectivity index (χ1) is 13.2. The Morgan fingerprint density at radius 1 is 1.41 bits per heavy atom. The molecule has 1 aromatic heterocycles. The van der Waals surface area contributed by atoms with E-state index in [4.69, 9.17) is 10.00 Å². The summed E-state index contributed by atoms with van der Waals surface area (Å²) >= 11 is 1.33. The zero-order valence-corrected chi connectivity index (χ0v) is 16.1. The second kappa shape index (κ2) is 9.37. The molecule has 1 aromatic carbocycles. The number of para-hydroxylation sites is 2. The highest BCUT2D eigenvalue weighted by molar-refractivity contribution is 7.99. The van der Waals surface area contributed by atoms with E-state index < -0.39 is 0 Å². The van der Waals surface area contributed by atoms with Gasteiger partial charge >= 0.3 is 0 Å². The number of carbonyl (C=O) groups excluding carboxylic acids is 1. The third kappa shape index (κ3) is 4.57. The van der Waals surface area contributed by atoms with Crippen molar-refractivity contribution in [3.05, 3.63) is 24.3 Å². The largest absolute Gasteiger partial charge is 0.495 e. The number of anilines is 1. The zero-order chi connectivity index (χ0) is 19.1. The molecule has 1 aliphatic carbocycles. The molecular weight excluding hydrogens is 364 g/mol. The maximum atomic E-state index is 12.9. The number of aromatic nitrogens is 4. The van der Waals surface area contributed by atoms with Gasteiger partial charge in [-0.2, -0.15) is 5.26 Å². The molecule has 142 valence electrons. The van der Waals surface area contributed by atoms with E-state index in [1.165, 1.54) is 24.6 Å². The van der Waals surface area contributed by atoms with Crippen LogP contribution in [0.2, 0.25) is 0 Å². The van der Waals surface area contributed by atoms with E-state index in [0.29, 0.717) is 29.2 Å². The van der Waals surface area contributed by atoms with Gasteiger partial charge in [0.1, 0.15) is 5.75 Å². The second-order valence-corrected chi connectivity index (χ2v) is 7.20. The van der Waals surface area contributed by atoms with Crippen molar-refractivity contribution in [2.45, 2.75) is 43.3 Å². The summed E-state index contributed by atoms with van der Waals surface area (Å²) in [7, 11) is 1.57. The number of rotatable bonds is 8. The Morgan fingerprint density at radius 2 is 2.19 bits per heavy atom. The fraction of sp³-hybridized carbons (Fsp3) is 0.500. The quantitative estimate of drug-likeness (QED) is 0.644. The Balaban J connectivity index is 1.72. The minimum Gasteiger partial charge on any atom is -0.495 e. The molecule has 27 heavy (non-hydrogen) atoms. The molecule has 8 nitrogen and oxygen atoms in total. The number of tetrazole rings is 1. The first-order valence-corrected chi connectivity index (χ1v) is 9.94. The van der Waals surface area contributed by atoms with Gasteiger partial charge in [-0.05, 0) is 35.4 Å². The maximum absolute atomic E-state index is 12.9. The fourth-order valence-electron chi connectivity index (χ4n) is 3.26. The molecule has 1 heterocycles. The predicted molar refractivity (Wildman–Crippen MR) is 102 cm³/mol. The monoisotopic (exact) mass is 386 g/mol. The highest BCUT2D eigenvalue weighted by Gasteiger charge is 2.24. The van der Waals surface area contributed by atoms with Gasteiger partial charge < -0.3 is 9.64 Å². The third-order valence-electron chi connectivity index (χ3n) is 4.58. The number of nitrogens with zero attached hydrogens (tertiary/aromatic N) is 6. The molecule has 1 aliphatic rings. The summed E-state index contributed by atoms with van der Waals surface area (Å²) in [6.07, 6.45) is 4.75. The summed E-state index contributed by atoms with van der Waals surface area (Å²) < 4.78 is 7.21. The Morgan fingerprint density at radius 3 is 2.93 bits per heavy atom. The number of carbonyl (C=O) groups is 1. The van der Waals surface area contributed by atoms with Crippen LogP contribution in [0.15, 0.2) is 29.4 Å². The Labute approximate surface area is 162 Å². The van der Waals surface area contributed by atoms with Crippen LogP contribution in [0, 0.1) is 11.3 Å². The summed E-state index contributed by atoms with van der Waals surface area (Å²) in [5, 5.41) is 21.6. The van der Waals surface area contributed by atoms with E-state index in [-0.39, 0.29) is 18.1 Å². The SMILES string of the molecule is COc1ccccc1N(CCC#N)C(=O)CSc1nnnn1C1CCCC1.